The van der Waals surface area contributed by atoms with Gasteiger partial charge in [-0.15, -0.1) is 0 Å². The Kier molecular flexibility index (Phi) is 4.93. The molecule has 0 saturated heterocycles. The van der Waals surface area contributed by atoms with E-state index >= 15 is 0 Å². The van der Waals surface area contributed by atoms with Crippen LogP contribution < -0.4 is 0 Å². The highest BCUT2D eigenvalue weighted by atomic mass is 16.5. The second-order valence-corrected chi connectivity index (χ2v) is 4.98. The predicted octanol–water partition coefficient (Wildman–Crippen LogP) is 2.74. The number of hydrogen-bond donors (Lipinski definition) is 1. The number of methoxy groups -OCH3 is 1. The molecule has 13 heavy (non-hydrogen) atoms. The van der Waals surface area contributed by atoms with Crippen molar-refractivity contribution >= 4 is 0 Å². The van der Waals surface area contributed by atoms with Crippen LogP contribution in [0.1, 0.15) is 53.4 Å². The quantitative estimate of drug-likeness (QED) is 0.649. The van der Waals surface area contributed by atoms with Crippen LogP contribution in [0.25, 0.3) is 0 Å². The van der Waals surface area contributed by atoms with Crippen LogP contribution in [-0.4, -0.2) is 23.4 Å². The number of ether oxygens (including phenoxy) is 1. The van der Waals surface area contributed by atoms with E-state index in [1.54, 1.807) is 7.11 Å². The lowest BCUT2D eigenvalue weighted by Gasteiger charge is -2.23. The molecule has 0 rings (SSSR count). The fourth-order valence-corrected chi connectivity index (χ4v) is 1.21. The molecule has 0 radical (unpaired) electrons. The van der Waals surface area contributed by atoms with Gasteiger partial charge in [-0.25, -0.2) is 0 Å². The van der Waals surface area contributed by atoms with Gasteiger partial charge in [0.25, 0.3) is 0 Å². The molecule has 0 aliphatic rings. The average Bonchev–Trinajstić information content (AvgIpc) is 1.97. The van der Waals surface area contributed by atoms with Crippen molar-refractivity contribution in [1.82, 2.24) is 0 Å². The highest BCUT2D eigenvalue weighted by Gasteiger charge is 2.17. The van der Waals surface area contributed by atoms with Gasteiger partial charge in [-0.1, -0.05) is 12.8 Å². The largest absolute Gasteiger partial charge is 0.390 e. The van der Waals surface area contributed by atoms with Crippen LogP contribution in [0, 0.1) is 0 Å². The van der Waals surface area contributed by atoms with E-state index in [0.29, 0.717) is 0 Å². The van der Waals surface area contributed by atoms with Crippen LogP contribution in [0.15, 0.2) is 0 Å². The Labute approximate surface area is 82.3 Å². The minimum atomic E-state index is -0.517. The topological polar surface area (TPSA) is 29.5 Å². The van der Waals surface area contributed by atoms with E-state index in [2.05, 4.69) is 13.8 Å². The first-order valence-electron chi connectivity index (χ1n) is 5.04. The van der Waals surface area contributed by atoms with E-state index in [4.69, 9.17) is 4.74 Å². The van der Waals surface area contributed by atoms with Crippen molar-refractivity contribution in [2.24, 2.45) is 0 Å². The Morgan fingerprint density at radius 3 is 1.85 bits per heavy atom. The molecule has 0 atom stereocenters. The van der Waals surface area contributed by atoms with Crippen LogP contribution in [0.2, 0.25) is 0 Å². The molecule has 2 nitrogen and oxygen atoms in total. The molecule has 0 heterocycles. The van der Waals surface area contributed by atoms with Crippen molar-refractivity contribution < 1.29 is 9.84 Å². The van der Waals surface area contributed by atoms with Crippen LogP contribution in [-0.2, 0) is 4.74 Å². The summed E-state index contributed by atoms with van der Waals surface area (Å²) in [5.74, 6) is 0. The van der Waals surface area contributed by atoms with E-state index in [9.17, 15) is 5.11 Å². The van der Waals surface area contributed by atoms with Gasteiger partial charge in [-0.3, -0.25) is 0 Å². The van der Waals surface area contributed by atoms with Gasteiger partial charge in [0.05, 0.1) is 11.2 Å². The first-order valence-corrected chi connectivity index (χ1v) is 5.04. The molecule has 0 aromatic heterocycles. The summed E-state index contributed by atoms with van der Waals surface area (Å²) >= 11 is 0. The van der Waals surface area contributed by atoms with Gasteiger partial charge in [0.15, 0.2) is 0 Å². The zero-order chi connectivity index (χ0) is 10.5. The molecule has 0 bridgehead atoms. The van der Waals surface area contributed by atoms with Gasteiger partial charge < -0.3 is 9.84 Å². The van der Waals surface area contributed by atoms with Gasteiger partial charge in [0.2, 0.25) is 0 Å². The van der Waals surface area contributed by atoms with Crippen molar-refractivity contribution in [3.8, 4) is 0 Å². The maximum Gasteiger partial charge on any atom is 0.0622 e. The molecule has 0 aromatic carbocycles. The molecule has 0 amide bonds. The van der Waals surface area contributed by atoms with Crippen molar-refractivity contribution in [1.29, 1.82) is 0 Å². The second-order valence-electron chi connectivity index (χ2n) is 4.98. The van der Waals surface area contributed by atoms with Crippen LogP contribution in [0.5, 0.6) is 0 Å². The molecule has 0 aliphatic heterocycles. The number of hydrogen-bond acceptors (Lipinski definition) is 2. The molecule has 0 saturated carbocycles. The molecular formula is C11H24O2. The maximum absolute atomic E-state index is 9.47. The van der Waals surface area contributed by atoms with Crippen molar-refractivity contribution in [2.75, 3.05) is 7.11 Å². The van der Waals surface area contributed by atoms with E-state index in [0.717, 1.165) is 25.7 Å². The van der Waals surface area contributed by atoms with E-state index < -0.39 is 5.60 Å². The van der Waals surface area contributed by atoms with Gasteiger partial charge in [0.1, 0.15) is 0 Å². The van der Waals surface area contributed by atoms with Crippen molar-refractivity contribution in [3.05, 3.63) is 0 Å². The lowest BCUT2D eigenvalue weighted by molar-refractivity contribution is 0.0106. The molecule has 2 heteroatoms. The third kappa shape index (κ3) is 8.26. The summed E-state index contributed by atoms with van der Waals surface area (Å²) in [5, 5.41) is 9.47. The minimum Gasteiger partial charge on any atom is -0.390 e. The third-order valence-corrected chi connectivity index (χ3v) is 2.37. The van der Waals surface area contributed by atoms with Gasteiger partial charge in [0, 0.05) is 7.11 Å². The molecule has 80 valence electrons. The number of rotatable bonds is 6. The van der Waals surface area contributed by atoms with Crippen LogP contribution in [0.3, 0.4) is 0 Å². The highest BCUT2D eigenvalue weighted by Crippen LogP contribution is 2.19. The fraction of sp³-hybridized carbons (Fsp3) is 1.00. The molecular weight excluding hydrogens is 164 g/mol. The Bertz CT molecular complexity index is 134. The van der Waals surface area contributed by atoms with Crippen molar-refractivity contribution in [3.63, 3.8) is 0 Å². The van der Waals surface area contributed by atoms with Crippen LogP contribution in [0.4, 0.5) is 0 Å². The molecule has 0 unspecified atom stereocenters. The molecule has 0 fully saturated rings. The summed E-state index contributed by atoms with van der Waals surface area (Å²) < 4.78 is 5.31. The van der Waals surface area contributed by atoms with E-state index in [1.165, 1.54) is 0 Å². The standard InChI is InChI=1S/C11H24O2/c1-10(2,12)8-6-7-9-11(3,4)13-5/h12H,6-9H2,1-5H3. The van der Waals surface area contributed by atoms with E-state index in [1.807, 2.05) is 13.8 Å². The Morgan fingerprint density at radius 2 is 1.46 bits per heavy atom. The third-order valence-electron chi connectivity index (χ3n) is 2.37. The molecule has 0 aliphatic carbocycles. The van der Waals surface area contributed by atoms with Gasteiger partial charge >= 0.3 is 0 Å². The van der Waals surface area contributed by atoms with Crippen molar-refractivity contribution in [2.45, 2.75) is 64.6 Å². The molecule has 1 N–H and O–H groups in total. The SMILES string of the molecule is COC(C)(C)CCCCC(C)(C)O. The van der Waals surface area contributed by atoms with Crippen LogP contribution >= 0.6 is 0 Å². The molecule has 0 aromatic rings. The first-order chi connectivity index (χ1) is 5.77. The second kappa shape index (κ2) is 4.97. The maximum atomic E-state index is 9.47. The minimum absolute atomic E-state index is 0.0143. The smallest absolute Gasteiger partial charge is 0.0622 e. The Hall–Kier alpha value is -0.0800. The highest BCUT2D eigenvalue weighted by molar-refractivity contribution is 4.70. The predicted molar refractivity (Wildman–Crippen MR) is 55.9 cm³/mol. The fourth-order valence-electron chi connectivity index (χ4n) is 1.21. The lowest BCUT2D eigenvalue weighted by Crippen LogP contribution is -2.23. The monoisotopic (exact) mass is 188 g/mol. The zero-order valence-corrected chi connectivity index (χ0v) is 9.68. The first kappa shape index (κ1) is 12.9. The summed E-state index contributed by atoms with van der Waals surface area (Å²) in [6.45, 7) is 7.90. The summed E-state index contributed by atoms with van der Waals surface area (Å²) in [7, 11) is 1.75. The summed E-state index contributed by atoms with van der Waals surface area (Å²) in [4.78, 5) is 0. The normalized spacial score (nSPS) is 13.4. The Morgan fingerprint density at radius 1 is 1.00 bits per heavy atom. The lowest BCUT2D eigenvalue weighted by atomic mass is 9.96. The van der Waals surface area contributed by atoms with E-state index in [-0.39, 0.29) is 5.60 Å². The average molecular weight is 188 g/mol. The summed E-state index contributed by atoms with van der Waals surface area (Å²) in [6.07, 6.45) is 4.10. The summed E-state index contributed by atoms with van der Waals surface area (Å²) in [6, 6.07) is 0. The van der Waals surface area contributed by atoms with Gasteiger partial charge in [-0.2, -0.15) is 0 Å². The number of aliphatic hydroxyl groups is 1. The number of unbranched alkanes of at least 4 members (excludes halogenated alkanes) is 1. The molecule has 0 spiro atoms. The Balaban J connectivity index is 3.47. The van der Waals surface area contributed by atoms with Gasteiger partial charge in [-0.05, 0) is 40.5 Å². The summed E-state index contributed by atoms with van der Waals surface area (Å²) in [5.41, 5.74) is -0.531. The zero-order valence-electron chi connectivity index (χ0n) is 9.68.